The summed E-state index contributed by atoms with van der Waals surface area (Å²) in [6, 6.07) is 22.0. The average molecular weight is 812 g/mol. The zero-order chi connectivity index (χ0) is 40.4. The first-order valence-electron chi connectivity index (χ1n) is 18.4. The maximum absolute atomic E-state index is 14.6. The number of amides is 4. The maximum atomic E-state index is 14.6. The lowest BCUT2D eigenvalue weighted by Crippen LogP contribution is -2.60. The lowest BCUT2D eigenvalue weighted by molar-refractivity contribution is -0.125. The summed E-state index contributed by atoms with van der Waals surface area (Å²) in [5, 5.41) is 11.6. The van der Waals surface area contributed by atoms with Gasteiger partial charge < -0.3 is 19.3 Å². The van der Waals surface area contributed by atoms with Crippen molar-refractivity contribution in [3.63, 3.8) is 0 Å². The van der Waals surface area contributed by atoms with Gasteiger partial charge in [-0.2, -0.15) is 0 Å². The summed E-state index contributed by atoms with van der Waals surface area (Å²) in [5.74, 6) is -5.86. The number of allylic oxidation sites excluding steroid dienone is 2. The summed E-state index contributed by atoms with van der Waals surface area (Å²) in [4.78, 5) is 55.6. The molecule has 4 aromatic carbocycles. The van der Waals surface area contributed by atoms with Crippen molar-refractivity contribution in [2.45, 2.75) is 35.4 Å². The molecule has 57 heavy (non-hydrogen) atoms. The van der Waals surface area contributed by atoms with Gasteiger partial charge in [0.2, 0.25) is 11.8 Å². The van der Waals surface area contributed by atoms with Gasteiger partial charge in [-0.15, -0.1) is 23.2 Å². The molecule has 1 N–H and O–H groups in total. The van der Waals surface area contributed by atoms with Crippen LogP contribution in [0.4, 0.5) is 15.8 Å². The molecule has 0 radical (unpaired) electrons. The van der Waals surface area contributed by atoms with Gasteiger partial charge in [-0.25, -0.2) is 9.29 Å². The van der Waals surface area contributed by atoms with Crippen LogP contribution in [0, 0.1) is 23.6 Å². The molecule has 10 nitrogen and oxygen atoms in total. The van der Waals surface area contributed by atoms with Crippen LogP contribution in [0.25, 0.3) is 12.2 Å². The smallest absolute Gasteiger partial charge is 0.258 e. The third-order valence-electron chi connectivity index (χ3n) is 11.6. The number of carbonyl (C=O) groups is 4. The number of imide groups is 2. The first-order chi connectivity index (χ1) is 27.4. The van der Waals surface area contributed by atoms with Crippen molar-refractivity contribution in [3.8, 4) is 23.0 Å². The number of para-hydroxylation sites is 1. The number of hydrogen-bond acceptors (Lipinski definition) is 8. The Morgan fingerprint density at radius 1 is 0.825 bits per heavy atom. The second kappa shape index (κ2) is 14.4. The van der Waals surface area contributed by atoms with Crippen molar-refractivity contribution < 1.29 is 42.9 Å². The largest absolute Gasteiger partial charge is 0.504 e. The summed E-state index contributed by atoms with van der Waals surface area (Å²) in [5.41, 5.74) is 2.69. The van der Waals surface area contributed by atoms with Gasteiger partial charge in [0.25, 0.3) is 11.8 Å². The standard InChI is InChI=1S/C44H37Cl2FN2O8/c1-4-57-35-7-5-6-32(38(35)50)37-30-19-20-31-36(33(30)23-43(45)41(53)49(42(54)44(37,43)46)28-16-12-26(47)13-17-28)40(52)48(39(31)51)27-14-9-24(10-15-27)8-11-25-22-29(55-2)18-21-34(25)56-3/h5-19,21-22,31,33,36-37,50H,4,20,23H2,1-3H3. The number of aromatic hydroxyl groups is 1. The average Bonchev–Trinajstić information content (AvgIpc) is 3.55. The Labute approximate surface area is 338 Å². The lowest BCUT2D eigenvalue weighted by Gasteiger charge is -2.50. The van der Waals surface area contributed by atoms with Crippen LogP contribution in [0.5, 0.6) is 23.0 Å². The third kappa shape index (κ3) is 5.81. The minimum Gasteiger partial charge on any atom is -0.504 e. The predicted molar refractivity (Wildman–Crippen MR) is 213 cm³/mol. The summed E-state index contributed by atoms with van der Waals surface area (Å²) in [7, 11) is 3.16. The number of methoxy groups -OCH3 is 2. The summed E-state index contributed by atoms with van der Waals surface area (Å²) < 4.78 is 30.5. The highest BCUT2D eigenvalue weighted by Gasteiger charge is 2.77. The van der Waals surface area contributed by atoms with E-state index in [1.54, 1.807) is 75.8 Å². The normalized spacial score (nSPS) is 26.7. The van der Waals surface area contributed by atoms with E-state index in [9.17, 15) is 28.7 Å². The van der Waals surface area contributed by atoms with Crippen molar-refractivity contribution in [2.75, 3.05) is 30.6 Å². The van der Waals surface area contributed by atoms with Gasteiger partial charge in [-0.1, -0.05) is 48.1 Å². The lowest BCUT2D eigenvalue weighted by atomic mass is 9.56. The number of fused-ring (bicyclic) bond motifs is 4. The Kier molecular flexibility index (Phi) is 9.64. The molecule has 0 bridgehead atoms. The molecule has 2 saturated heterocycles. The first kappa shape index (κ1) is 38.2. The SMILES string of the molecule is CCOc1cccc(C2C3=CCC4C(=O)N(c5ccc(C=Cc6cc(OC)ccc6OC)cc5)C(=O)C4C3CC3(Cl)C(=O)N(c4ccc(F)cc4)C(=O)C23Cl)c1O. The van der Waals surface area contributed by atoms with E-state index in [0.29, 0.717) is 22.8 Å². The zero-order valence-electron chi connectivity index (χ0n) is 31.1. The van der Waals surface area contributed by atoms with E-state index in [4.69, 9.17) is 37.4 Å². The second-order valence-electron chi connectivity index (χ2n) is 14.4. The van der Waals surface area contributed by atoms with Gasteiger partial charge in [-0.05, 0) is 91.9 Å². The number of halogens is 3. The summed E-state index contributed by atoms with van der Waals surface area (Å²) >= 11 is 14.9. The van der Waals surface area contributed by atoms with Gasteiger partial charge in [0, 0.05) is 17.0 Å². The van der Waals surface area contributed by atoms with E-state index < -0.39 is 62.9 Å². The molecule has 2 heterocycles. The van der Waals surface area contributed by atoms with Crippen molar-refractivity contribution in [1.29, 1.82) is 0 Å². The fraction of sp³-hybridized carbons (Fsp3) is 0.273. The number of nitrogens with zero attached hydrogens (tertiary/aromatic N) is 2. The minimum absolute atomic E-state index is 0.0564. The van der Waals surface area contributed by atoms with Gasteiger partial charge in [0.15, 0.2) is 21.2 Å². The molecule has 8 rings (SSSR count). The number of rotatable bonds is 9. The number of benzene rings is 4. The number of hydrogen-bond donors (Lipinski definition) is 1. The number of ether oxygens (including phenoxy) is 3. The third-order valence-corrected chi connectivity index (χ3v) is 13.0. The fourth-order valence-corrected chi connectivity index (χ4v) is 9.86. The van der Waals surface area contributed by atoms with E-state index in [2.05, 4.69) is 0 Å². The van der Waals surface area contributed by atoms with Crippen LogP contribution >= 0.6 is 23.2 Å². The molecule has 0 spiro atoms. The second-order valence-corrected chi connectivity index (χ2v) is 15.7. The van der Waals surface area contributed by atoms with Crippen LogP contribution in [0.3, 0.4) is 0 Å². The predicted octanol–water partition coefficient (Wildman–Crippen LogP) is 7.89. The summed E-state index contributed by atoms with van der Waals surface area (Å²) in [6.45, 7) is 1.97. The van der Waals surface area contributed by atoms with Crippen molar-refractivity contribution in [3.05, 3.63) is 119 Å². The van der Waals surface area contributed by atoms with Crippen molar-refractivity contribution in [2.24, 2.45) is 17.8 Å². The van der Waals surface area contributed by atoms with Crippen LogP contribution in [-0.2, 0) is 19.2 Å². The molecule has 4 aliphatic rings. The molecule has 13 heteroatoms. The molecular formula is C44H37Cl2FN2O8. The van der Waals surface area contributed by atoms with Crippen molar-refractivity contribution >= 4 is 70.4 Å². The highest BCUT2D eigenvalue weighted by molar-refractivity contribution is 6.58. The quantitative estimate of drug-likeness (QED) is 0.0785. The van der Waals surface area contributed by atoms with Gasteiger partial charge in [0.05, 0.1) is 44.0 Å². The number of carbonyl (C=O) groups excluding carboxylic acids is 4. The highest BCUT2D eigenvalue weighted by atomic mass is 35.5. The van der Waals surface area contributed by atoms with Crippen LogP contribution in [0.2, 0.25) is 0 Å². The molecule has 6 atom stereocenters. The maximum Gasteiger partial charge on any atom is 0.258 e. The molecule has 3 fully saturated rings. The first-order valence-corrected chi connectivity index (χ1v) is 19.2. The minimum atomic E-state index is -2.21. The number of anilines is 2. The Morgan fingerprint density at radius 2 is 1.53 bits per heavy atom. The number of phenols is 1. The molecule has 4 aromatic rings. The van der Waals surface area contributed by atoms with Gasteiger partial charge in [0.1, 0.15) is 17.3 Å². The molecule has 1 saturated carbocycles. The van der Waals surface area contributed by atoms with Crippen LogP contribution in [0.15, 0.2) is 96.6 Å². The molecule has 0 aromatic heterocycles. The van der Waals surface area contributed by atoms with Crippen molar-refractivity contribution in [1.82, 2.24) is 0 Å². The molecule has 2 aliphatic heterocycles. The Morgan fingerprint density at radius 3 is 2.21 bits per heavy atom. The monoisotopic (exact) mass is 810 g/mol. The molecule has 6 unspecified atom stereocenters. The Hall–Kier alpha value is -5.65. The molecular weight excluding hydrogens is 774 g/mol. The number of alkyl halides is 2. The Balaban J connectivity index is 1.17. The summed E-state index contributed by atoms with van der Waals surface area (Å²) in [6.07, 6.45) is 5.40. The molecule has 2 aliphatic carbocycles. The van der Waals surface area contributed by atoms with Crippen LogP contribution in [0.1, 0.15) is 42.4 Å². The molecule has 292 valence electrons. The van der Waals surface area contributed by atoms with Gasteiger partial charge in [-0.3, -0.25) is 24.1 Å². The van der Waals surface area contributed by atoms with E-state index in [-0.39, 0.29) is 42.2 Å². The molecule has 4 amide bonds. The highest BCUT2D eigenvalue weighted by Crippen LogP contribution is 2.67. The van der Waals surface area contributed by atoms with Crippen LogP contribution < -0.4 is 24.0 Å². The fourth-order valence-electron chi connectivity index (χ4n) is 8.93. The van der Waals surface area contributed by atoms with E-state index in [1.807, 2.05) is 24.3 Å². The number of phenolic OH excluding ortho intramolecular Hbond substituents is 1. The van der Waals surface area contributed by atoms with Gasteiger partial charge >= 0.3 is 0 Å². The van der Waals surface area contributed by atoms with E-state index >= 15 is 0 Å². The van der Waals surface area contributed by atoms with Crippen LogP contribution in [-0.4, -0.2) is 59.3 Å². The van der Waals surface area contributed by atoms with E-state index in [0.717, 1.165) is 28.2 Å². The Bertz CT molecular complexity index is 2380. The topological polar surface area (TPSA) is 123 Å². The zero-order valence-corrected chi connectivity index (χ0v) is 32.6. The van der Waals surface area contributed by atoms with E-state index in [1.165, 1.54) is 17.0 Å².